The van der Waals surface area contributed by atoms with E-state index < -0.39 is 5.60 Å². The molecule has 1 aliphatic carbocycles. The van der Waals surface area contributed by atoms with Crippen molar-refractivity contribution in [3.8, 4) is 5.69 Å². The van der Waals surface area contributed by atoms with Gasteiger partial charge in [0.15, 0.2) is 0 Å². The lowest BCUT2D eigenvalue weighted by atomic mass is 9.98. The Morgan fingerprint density at radius 1 is 1.13 bits per heavy atom. The first-order chi connectivity index (χ1) is 14.2. The molecular weight excluding hydrogens is 380 g/mol. The lowest BCUT2D eigenvalue weighted by Gasteiger charge is -2.25. The van der Waals surface area contributed by atoms with Crippen molar-refractivity contribution in [2.24, 2.45) is 11.8 Å². The molecule has 2 heterocycles. The second-order valence-corrected chi connectivity index (χ2v) is 9.36. The molecule has 1 N–H and O–H groups in total. The first-order valence-electron chi connectivity index (χ1n) is 10.6. The highest BCUT2D eigenvalue weighted by Crippen LogP contribution is 2.39. The van der Waals surface area contributed by atoms with Crippen LogP contribution in [0.5, 0.6) is 0 Å². The van der Waals surface area contributed by atoms with E-state index >= 15 is 0 Å². The molecule has 30 heavy (non-hydrogen) atoms. The average molecular weight is 411 g/mol. The van der Waals surface area contributed by atoms with Crippen LogP contribution in [0.15, 0.2) is 36.5 Å². The van der Waals surface area contributed by atoms with E-state index in [1.54, 1.807) is 10.9 Å². The largest absolute Gasteiger partial charge is 0.444 e. The number of nitrogens with one attached hydrogen (secondary N) is 1. The van der Waals surface area contributed by atoms with Gasteiger partial charge in [0, 0.05) is 25.0 Å². The number of carbonyl (C=O) groups excluding carboxylic acids is 2. The van der Waals surface area contributed by atoms with E-state index in [4.69, 9.17) is 4.74 Å². The molecule has 1 aromatic carbocycles. The van der Waals surface area contributed by atoms with Crippen LogP contribution >= 0.6 is 0 Å². The molecule has 1 aliphatic heterocycles. The van der Waals surface area contributed by atoms with Crippen LogP contribution in [0.25, 0.3) is 5.69 Å². The van der Waals surface area contributed by atoms with E-state index in [0.29, 0.717) is 18.0 Å². The Morgan fingerprint density at radius 2 is 1.87 bits per heavy atom. The minimum atomic E-state index is -0.518. The maximum atomic E-state index is 13.2. The number of ether oxygens (including phenoxy) is 1. The SMILES string of the molecule is Cc1c(C(=O)N2C[C@@H]3CC[C@H](NC(=O)OC(C)(C)C)[C@@H]3C2)cnn1-c1ccccc1. The number of likely N-dealkylation sites (tertiary alicyclic amines) is 1. The monoisotopic (exact) mass is 410 g/mol. The van der Waals surface area contributed by atoms with E-state index in [2.05, 4.69) is 10.4 Å². The van der Waals surface area contributed by atoms with Gasteiger partial charge in [0.1, 0.15) is 5.60 Å². The summed E-state index contributed by atoms with van der Waals surface area (Å²) in [4.78, 5) is 27.3. The summed E-state index contributed by atoms with van der Waals surface area (Å²) >= 11 is 0. The first-order valence-corrected chi connectivity index (χ1v) is 10.6. The number of nitrogens with zero attached hydrogens (tertiary/aromatic N) is 3. The minimum Gasteiger partial charge on any atom is -0.444 e. The van der Waals surface area contributed by atoms with Gasteiger partial charge in [-0.15, -0.1) is 0 Å². The van der Waals surface area contributed by atoms with Crippen LogP contribution in [0.4, 0.5) is 4.79 Å². The molecule has 1 saturated heterocycles. The topological polar surface area (TPSA) is 76.5 Å². The van der Waals surface area contributed by atoms with Crippen molar-refractivity contribution >= 4 is 12.0 Å². The van der Waals surface area contributed by atoms with E-state index in [1.807, 2.05) is 62.9 Å². The van der Waals surface area contributed by atoms with Crippen molar-refractivity contribution in [3.05, 3.63) is 47.8 Å². The van der Waals surface area contributed by atoms with Crippen LogP contribution in [-0.2, 0) is 4.74 Å². The van der Waals surface area contributed by atoms with Gasteiger partial charge >= 0.3 is 6.09 Å². The molecule has 0 radical (unpaired) electrons. The molecule has 0 unspecified atom stereocenters. The summed E-state index contributed by atoms with van der Waals surface area (Å²) in [5.41, 5.74) is 1.90. The van der Waals surface area contributed by atoms with Crippen LogP contribution < -0.4 is 5.32 Å². The highest BCUT2D eigenvalue weighted by molar-refractivity contribution is 5.95. The molecule has 1 aromatic heterocycles. The first kappa shape index (κ1) is 20.4. The Labute approximate surface area is 177 Å². The van der Waals surface area contributed by atoms with Crippen molar-refractivity contribution < 1.29 is 14.3 Å². The molecule has 7 heteroatoms. The number of fused-ring (bicyclic) bond motifs is 1. The van der Waals surface area contributed by atoms with Gasteiger partial charge in [0.25, 0.3) is 5.91 Å². The Bertz CT molecular complexity index is 932. The molecule has 2 fully saturated rings. The minimum absolute atomic E-state index is 0.0140. The quantitative estimate of drug-likeness (QED) is 0.839. The van der Waals surface area contributed by atoms with Gasteiger partial charge in [-0.1, -0.05) is 18.2 Å². The Balaban J connectivity index is 1.43. The van der Waals surface area contributed by atoms with Crippen LogP contribution in [-0.4, -0.2) is 51.4 Å². The summed E-state index contributed by atoms with van der Waals surface area (Å²) in [7, 11) is 0. The number of aromatic nitrogens is 2. The standard InChI is InChI=1S/C23H30N4O3/c1-15-18(12-24-27(15)17-8-6-5-7-9-17)21(28)26-13-16-10-11-20(19(16)14-26)25-22(29)30-23(2,3)4/h5-9,12,16,19-20H,10-11,13-14H2,1-4H3,(H,25,29)/t16-,19+,20-/m0/s1. The Hall–Kier alpha value is -2.83. The number of hydrogen-bond donors (Lipinski definition) is 1. The summed E-state index contributed by atoms with van der Waals surface area (Å²) in [6.07, 6.45) is 3.23. The lowest BCUT2D eigenvalue weighted by Crippen LogP contribution is -2.42. The van der Waals surface area contributed by atoms with Gasteiger partial charge in [-0.25, -0.2) is 9.48 Å². The maximum Gasteiger partial charge on any atom is 0.407 e. The molecule has 4 rings (SSSR count). The molecule has 0 spiro atoms. The molecule has 2 amide bonds. The fourth-order valence-electron chi connectivity index (χ4n) is 4.69. The average Bonchev–Trinajstić information content (AvgIpc) is 3.36. The molecule has 3 atom stereocenters. The predicted molar refractivity (Wildman–Crippen MR) is 114 cm³/mol. The van der Waals surface area contributed by atoms with Crippen molar-refractivity contribution in [1.29, 1.82) is 0 Å². The van der Waals surface area contributed by atoms with E-state index in [9.17, 15) is 9.59 Å². The molecular formula is C23H30N4O3. The zero-order valence-corrected chi connectivity index (χ0v) is 18.1. The van der Waals surface area contributed by atoms with Crippen molar-refractivity contribution in [2.45, 2.75) is 52.2 Å². The summed E-state index contributed by atoms with van der Waals surface area (Å²) in [5.74, 6) is 0.699. The molecule has 160 valence electrons. The number of alkyl carbamates (subject to hydrolysis) is 1. The number of carbonyl (C=O) groups is 2. The third-order valence-corrected chi connectivity index (χ3v) is 6.09. The van der Waals surface area contributed by atoms with Gasteiger partial charge in [0.05, 0.1) is 23.1 Å². The van der Waals surface area contributed by atoms with Crippen LogP contribution in [0.3, 0.4) is 0 Å². The smallest absolute Gasteiger partial charge is 0.407 e. The van der Waals surface area contributed by atoms with E-state index in [-0.39, 0.29) is 24.0 Å². The van der Waals surface area contributed by atoms with E-state index in [0.717, 1.165) is 30.8 Å². The molecule has 2 aromatic rings. The zero-order chi connectivity index (χ0) is 21.5. The predicted octanol–water partition coefficient (Wildman–Crippen LogP) is 3.56. The maximum absolute atomic E-state index is 13.2. The highest BCUT2D eigenvalue weighted by atomic mass is 16.6. The van der Waals surface area contributed by atoms with Gasteiger partial charge in [0.2, 0.25) is 0 Å². The lowest BCUT2D eigenvalue weighted by molar-refractivity contribution is 0.0491. The fraction of sp³-hybridized carbons (Fsp3) is 0.522. The number of para-hydroxylation sites is 1. The number of amides is 2. The van der Waals surface area contributed by atoms with Gasteiger partial charge in [-0.05, 0) is 58.6 Å². The second kappa shape index (κ2) is 7.78. The second-order valence-electron chi connectivity index (χ2n) is 9.36. The summed E-state index contributed by atoms with van der Waals surface area (Å²) in [5, 5.41) is 7.46. The van der Waals surface area contributed by atoms with Gasteiger partial charge in [-0.3, -0.25) is 4.79 Å². The van der Waals surface area contributed by atoms with Gasteiger partial charge in [-0.2, -0.15) is 5.10 Å². The Morgan fingerprint density at radius 3 is 2.57 bits per heavy atom. The summed E-state index contributed by atoms with van der Waals surface area (Å²) in [6.45, 7) is 8.89. The molecule has 0 bridgehead atoms. The number of benzene rings is 1. The van der Waals surface area contributed by atoms with Crippen molar-refractivity contribution in [1.82, 2.24) is 20.0 Å². The molecule has 1 saturated carbocycles. The third-order valence-electron chi connectivity index (χ3n) is 6.09. The molecule has 2 aliphatic rings. The fourth-order valence-corrected chi connectivity index (χ4v) is 4.69. The van der Waals surface area contributed by atoms with Crippen LogP contribution in [0, 0.1) is 18.8 Å². The summed E-state index contributed by atoms with van der Waals surface area (Å²) in [6, 6.07) is 9.87. The zero-order valence-electron chi connectivity index (χ0n) is 18.1. The number of hydrogen-bond acceptors (Lipinski definition) is 4. The van der Waals surface area contributed by atoms with Crippen molar-refractivity contribution in [2.75, 3.05) is 13.1 Å². The van der Waals surface area contributed by atoms with Crippen LogP contribution in [0.1, 0.15) is 49.7 Å². The van der Waals surface area contributed by atoms with Crippen LogP contribution in [0.2, 0.25) is 0 Å². The highest BCUT2D eigenvalue weighted by Gasteiger charge is 2.45. The summed E-state index contributed by atoms with van der Waals surface area (Å²) < 4.78 is 7.21. The third kappa shape index (κ3) is 4.06. The Kier molecular flexibility index (Phi) is 5.30. The van der Waals surface area contributed by atoms with Gasteiger partial charge < -0.3 is 15.0 Å². The van der Waals surface area contributed by atoms with Crippen molar-refractivity contribution in [3.63, 3.8) is 0 Å². The normalized spacial score (nSPS) is 23.3. The number of rotatable bonds is 3. The van der Waals surface area contributed by atoms with E-state index in [1.165, 1.54) is 0 Å². The molecule has 7 nitrogen and oxygen atoms in total.